The van der Waals surface area contributed by atoms with Crippen LogP contribution in [-0.2, 0) is 10.0 Å². The van der Waals surface area contributed by atoms with E-state index in [9.17, 15) is 8.42 Å². The van der Waals surface area contributed by atoms with Crippen LogP contribution in [0.25, 0.3) is 0 Å². The fourth-order valence-electron chi connectivity index (χ4n) is 1.93. The Labute approximate surface area is 145 Å². The molecule has 10 nitrogen and oxygen atoms in total. The monoisotopic (exact) mass is 362 g/mol. The molecule has 0 bridgehead atoms. The Morgan fingerprint density at radius 2 is 2.16 bits per heavy atom. The summed E-state index contributed by atoms with van der Waals surface area (Å²) >= 11 is 0. The lowest BCUT2D eigenvalue weighted by molar-refractivity contribution is 0.324. The van der Waals surface area contributed by atoms with Crippen molar-refractivity contribution < 1.29 is 8.42 Å². The molecule has 0 saturated heterocycles. The smallest absolute Gasteiger partial charge is 0.241 e. The number of nitrogens with two attached hydrogens (primary N) is 2. The number of nitrogens with one attached hydrogen (secondary N) is 2. The van der Waals surface area contributed by atoms with E-state index in [1.807, 2.05) is 0 Å². The molecule has 0 aliphatic carbocycles. The Morgan fingerprint density at radius 3 is 2.76 bits per heavy atom. The van der Waals surface area contributed by atoms with E-state index in [0.717, 1.165) is 5.12 Å². The van der Waals surface area contributed by atoms with Crippen LogP contribution in [0.2, 0.25) is 0 Å². The van der Waals surface area contributed by atoms with E-state index >= 15 is 0 Å². The number of benzene rings is 1. The summed E-state index contributed by atoms with van der Waals surface area (Å²) in [5.41, 5.74) is 7.10. The molecule has 6 N–H and O–H groups in total. The van der Waals surface area contributed by atoms with E-state index in [2.05, 4.69) is 20.1 Å². The fourth-order valence-corrected chi connectivity index (χ4v) is 2.84. The van der Waals surface area contributed by atoms with Crippen LogP contribution < -0.4 is 21.6 Å². The van der Waals surface area contributed by atoms with Crippen LogP contribution in [0, 0.1) is 11.3 Å². The molecule has 0 spiro atoms. The van der Waals surface area contributed by atoms with Gasteiger partial charge in [-0.3, -0.25) is 4.99 Å². The van der Waals surface area contributed by atoms with Crippen LogP contribution in [0.5, 0.6) is 0 Å². The Hall–Kier alpha value is -2.94. The lowest BCUT2D eigenvalue weighted by Crippen LogP contribution is -2.32. The number of hydrazine groups is 1. The molecule has 11 heteroatoms. The van der Waals surface area contributed by atoms with Gasteiger partial charge >= 0.3 is 0 Å². The van der Waals surface area contributed by atoms with Gasteiger partial charge in [-0.1, -0.05) is 0 Å². The SMILES string of the molecule is N#CCNS(=O)(=O)c1ccc(/C(N)=N/N(N)CC2=CNCC=N2)cc1. The second-order valence-corrected chi connectivity index (χ2v) is 6.71. The minimum absolute atomic E-state index is 0.0247. The minimum Gasteiger partial charge on any atom is -0.384 e. The van der Waals surface area contributed by atoms with Crippen LogP contribution in [0.4, 0.5) is 0 Å². The normalized spacial score (nSPS) is 14.4. The topological polar surface area (TPSA) is 162 Å². The van der Waals surface area contributed by atoms with Crippen molar-refractivity contribution >= 4 is 22.1 Å². The first-order valence-electron chi connectivity index (χ1n) is 7.20. The fraction of sp³-hybridized carbons (Fsp3) is 0.214. The molecule has 1 aliphatic rings. The lowest BCUT2D eigenvalue weighted by atomic mass is 10.2. The van der Waals surface area contributed by atoms with E-state index < -0.39 is 10.0 Å². The van der Waals surface area contributed by atoms with E-state index in [-0.39, 0.29) is 23.8 Å². The second-order valence-electron chi connectivity index (χ2n) is 4.95. The molecule has 0 amide bonds. The van der Waals surface area contributed by atoms with Gasteiger partial charge in [-0.25, -0.2) is 19.4 Å². The predicted molar refractivity (Wildman–Crippen MR) is 93.4 cm³/mol. The zero-order valence-corrected chi connectivity index (χ0v) is 14.1. The maximum atomic E-state index is 11.9. The summed E-state index contributed by atoms with van der Waals surface area (Å²) in [5.74, 6) is 5.91. The first kappa shape index (κ1) is 18.4. The van der Waals surface area contributed by atoms with Crippen molar-refractivity contribution in [3.05, 3.63) is 41.7 Å². The number of nitrogens with zero attached hydrogens (tertiary/aromatic N) is 4. The molecule has 1 aliphatic heterocycles. The first-order valence-corrected chi connectivity index (χ1v) is 8.69. The summed E-state index contributed by atoms with van der Waals surface area (Å²) in [6, 6.07) is 7.47. The number of rotatable bonds is 7. The van der Waals surface area contributed by atoms with Crippen molar-refractivity contribution in [2.24, 2.45) is 21.7 Å². The summed E-state index contributed by atoms with van der Waals surface area (Å²) in [6.07, 6.45) is 3.45. The van der Waals surface area contributed by atoms with Gasteiger partial charge < -0.3 is 11.1 Å². The predicted octanol–water partition coefficient (Wildman–Crippen LogP) is -1.20. The van der Waals surface area contributed by atoms with Gasteiger partial charge in [-0.05, 0) is 24.3 Å². The van der Waals surface area contributed by atoms with Gasteiger partial charge in [-0.2, -0.15) is 9.98 Å². The maximum absolute atomic E-state index is 11.9. The minimum atomic E-state index is -3.73. The molecule has 0 radical (unpaired) electrons. The molecule has 132 valence electrons. The van der Waals surface area contributed by atoms with E-state index in [0.29, 0.717) is 17.8 Å². The van der Waals surface area contributed by atoms with Crippen LogP contribution >= 0.6 is 0 Å². The Morgan fingerprint density at radius 1 is 1.44 bits per heavy atom. The molecule has 0 unspecified atom stereocenters. The van der Waals surface area contributed by atoms with E-state index in [4.69, 9.17) is 16.8 Å². The van der Waals surface area contributed by atoms with Crippen molar-refractivity contribution in [3.8, 4) is 6.07 Å². The van der Waals surface area contributed by atoms with Gasteiger partial charge in [0.1, 0.15) is 0 Å². The molecule has 1 aromatic rings. The van der Waals surface area contributed by atoms with Crippen molar-refractivity contribution in [2.75, 3.05) is 19.6 Å². The first-order chi connectivity index (χ1) is 11.9. The standard InChI is InChI=1S/C14H18N8O2S/c15-5-6-20-25(23,24)13-3-1-11(2-4-13)14(16)21-22(17)10-12-9-18-7-8-19-12/h1-4,8-9,18,20H,6-7,10,17H2,(H2,16,21). The highest BCUT2D eigenvalue weighted by atomic mass is 32.2. The van der Waals surface area contributed by atoms with Crippen molar-refractivity contribution in [1.29, 1.82) is 5.26 Å². The third-order valence-electron chi connectivity index (χ3n) is 3.10. The summed E-state index contributed by atoms with van der Waals surface area (Å²) < 4.78 is 25.9. The molecule has 2 rings (SSSR count). The number of hydrogen-bond donors (Lipinski definition) is 4. The third kappa shape index (κ3) is 5.28. The average molecular weight is 362 g/mol. The summed E-state index contributed by atoms with van der Waals surface area (Å²) in [7, 11) is -3.73. The molecule has 0 fully saturated rings. The molecular weight excluding hydrogens is 344 g/mol. The lowest BCUT2D eigenvalue weighted by Gasteiger charge is -2.15. The van der Waals surface area contributed by atoms with Crippen LogP contribution in [0.3, 0.4) is 0 Å². The largest absolute Gasteiger partial charge is 0.384 e. The number of sulfonamides is 1. The van der Waals surface area contributed by atoms with Gasteiger partial charge in [0.25, 0.3) is 0 Å². The molecule has 1 aromatic carbocycles. The van der Waals surface area contributed by atoms with Crippen LogP contribution in [-0.4, -0.2) is 45.2 Å². The number of amidine groups is 1. The molecular formula is C14H18N8O2S. The van der Waals surface area contributed by atoms with Crippen LogP contribution in [0.15, 0.2) is 51.2 Å². The molecule has 0 atom stereocenters. The Balaban J connectivity index is 2.06. The molecule has 25 heavy (non-hydrogen) atoms. The zero-order valence-electron chi connectivity index (χ0n) is 13.3. The van der Waals surface area contributed by atoms with Gasteiger partial charge in [0, 0.05) is 24.5 Å². The third-order valence-corrected chi connectivity index (χ3v) is 4.51. The van der Waals surface area contributed by atoms with E-state index in [1.54, 1.807) is 18.5 Å². The van der Waals surface area contributed by atoms with E-state index in [1.165, 1.54) is 24.3 Å². The van der Waals surface area contributed by atoms with Gasteiger partial charge in [0.05, 0.1) is 29.8 Å². The highest BCUT2D eigenvalue weighted by molar-refractivity contribution is 7.89. The second kappa shape index (κ2) is 8.25. The average Bonchev–Trinajstić information content (AvgIpc) is 2.61. The van der Waals surface area contributed by atoms with Gasteiger partial charge in [0.15, 0.2) is 5.84 Å². The zero-order chi connectivity index (χ0) is 18.3. The number of nitriles is 1. The highest BCUT2D eigenvalue weighted by Crippen LogP contribution is 2.10. The van der Waals surface area contributed by atoms with Gasteiger partial charge in [0.2, 0.25) is 10.0 Å². The van der Waals surface area contributed by atoms with Crippen molar-refractivity contribution in [1.82, 2.24) is 15.2 Å². The number of aliphatic imine (C=N–C) groups is 1. The Kier molecular flexibility index (Phi) is 6.07. The van der Waals surface area contributed by atoms with Crippen LogP contribution in [0.1, 0.15) is 5.56 Å². The summed E-state index contributed by atoms with van der Waals surface area (Å²) in [6.45, 7) is 0.621. The van der Waals surface area contributed by atoms with Crippen molar-refractivity contribution in [2.45, 2.75) is 4.90 Å². The molecule has 0 saturated carbocycles. The van der Waals surface area contributed by atoms with Gasteiger partial charge in [-0.15, -0.1) is 5.10 Å². The Bertz CT molecular complexity index is 837. The molecule has 0 aromatic heterocycles. The number of hydrazone groups is 1. The highest BCUT2D eigenvalue weighted by Gasteiger charge is 2.13. The number of hydrogen-bond acceptors (Lipinski definition) is 8. The summed E-state index contributed by atoms with van der Waals surface area (Å²) in [4.78, 5) is 4.18. The van der Waals surface area contributed by atoms with Crippen molar-refractivity contribution in [3.63, 3.8) is 0 Å². The summed E-state index contributed by atoms with van der Waals surface area (Å²) in [5, 5.41) is 16.6. The maximum Gasteiger partial charge on any atom is 0.241 e. The molecule has 1 heterocycles. The quantitative estimate of drug-likeness (QED) is 0.156.